The molecule has 1 fully saturated rings. The zero-order valence-electron chi connectivity index (χ0n) is 14.6. The maximum Gasteiger partial charge on any atom is 0.274 e. The smallest absolute Gasteiger partial charge is 0.274 e. The van der Waals surface area contributed by atoms with Crippen LogP contribution in [0.1, 0.15) is 46.5 Å². The highest BCUT2D eigenvalue weighted by atomic mass is 16.5. The molecule has 132 valence electrons. The van der Waals surface area contributed by atoms with Crippen LogP contribution < -0.4 is 0 Å². The molecule has 26 heavy (non-hydrogen) atoms. The topological polar surface area (TPSA) is 97.9 Å². The maximum absolute atomic E-state index is 12.8. The molecule has 0 aromatic carbocycles. The largest absolute Gasteiger partial charge is 0.361 e. The Balaban J connectivity index is 1.67. The fourth-order valence-electron chi connectivity index (χ4n) is 3.38. The highest BCUT2D eigenvalue weighted by Crippen LogP contribution is 2.33. The predicted molar refractivity (Wildman–Crippen MR) is 92.0 cm³/mol. The molecule has 0 radical (unpaired) electrons. The van der Waals surface area contributed by atoms with Crippen molar-refractivity contribution in [2.24, 2.45) is 0 Å². The first kappa shape index (κ1) is 16.3. The van der Waals surface area contributed by atoms with Gasteiger partial charge in [0.25, 0.3) is 5.91 Å². The number of hydrogen-bond donors (Lipinski definition) is 0. The molecular formula is C18H18N6O2. The van der Waals surface area contributed by atoms with Gasteiger partial charge >= 0.3 is 0 Å². The highest BCUT2D eigenvalue weighted by molar-refractivity contribution is 5.92. The summed E-state index contributed by atoms with van der Waals surface area (Å²) in [7, 11) is 0. The summed E-state index contributed by atoms with van der Waals surface area (Å²) in [6.07, 6.45) is 9.73. The maximum atomic E-state index is 12.8. The summed E-state index contributed by atoms with van der Waals surface area (Å²) in [6, 6.07) is -0.127. The number of likely N-dealkylation sites (tertiary alicyclic amines) is 1. The molecule has 0 bridgehead atoms. The summed E-state index contributed by atoms with van der Waals surface area (Å²) in [4.78, 5) is 31.8. The van der Waals surface area contributed by atoms with Crippen molar-refractivity contribution >= 4 is 5.91 Å². The van der Waals surface area contributed by atoms with Crippen molar-refractivity contribution in [1.82, 2.24) is 30.0 Å². The molecule has 4 rings (SSSR count). The Morgan fingerprint density at radius 3 is 2.81 bits per heavy atom. The highest BCUT2D eigenvalue weighted by Gasteiger charge is 2.32. The Morgan fingerprint density at radius 1 is 1.19 bits per heavy atom. The first-order chi connectivity index (χ1) is 12.6. The first-order valence-corrected chi connectivity index (χ1v) is 8.47. The summed E-state index contributed by atoms with van der Waals surface area (Å²) in [5.74, 6) is 0.568. The minimum atomic E-state index is -0.134. The van der Waals surface area contributed by atoms with Crippen molar-refractivity contribution in [3.8, 4) is 11.3 Å². The van der Waals surface area contributed by atoms with E-state index in [0.29, 0.717) is 23.7 Å². The van der Waals surface area contributed by atoms with Crippen molar-refractivity contribution in [1.29, 1.82) is 0 Å². The first-order valence-electron chi connectivity index (χ1n) is 8.47. The van der Waals surface area contributed by atoms with Gasteiger partial charge in [-0.15, -0.1) is 0 Å². The van der Waals surface area contributed by atoms with Crippen LogP contribution in [0, 0.1) is 13.8 Å². The summed E-state index contributed by atoms with van der Waals surface area (Å²) in [5.41, 5.74) is 3.43. The van der Waals surface area contributed by atoms with Gasteiger partial charge in [0, 0.05) is 18.9 Å². The van der Waals surface area contributed by atoms with Crippen LogP contribution in [0.5, 0.6) is 0 Å². The molecule has 1 unspecified atom stereocenters. The van der Waals surface area contributed by atoms with Crippen LogP contribution in [0.4, 0.5) is 0 Å². The van der Waals surface area contributed by atoms with Crippen molar-refractivity contribution in [3.05, 3.63) is 53.8 Å². The van der Waals surface area contributed by atoms with Gasteiger partial charge in [-0.2, -0.15) is 0 Å². The third-order valence-electron chi connectivity index (χ3n) is 4.58. The zero-order valence-corrected chi connectivity index (χ0v) is 14.6. The van der Waals surface area contributed by atoms with E-state index in [1.807, 2.05) is 13.8 Å². The molecule has 0 aliphatic carbocycles. The molecule has 0 spiro atoms. The van der Waals surface area contributed by atoms with Gasteiger partial charge in [-0.25, -0.2) is 9.97 Å². The van der Waals surface area contributed by atoms with Gasteiger partial charge < -0.3 is 9.42 Å². The van der Waals surface area contributed by atoms with Crippen molar-refractivity contribution in [3.63, 3.8) is 0 Å². The van der Waals surface area contributed by atoms with E-state index in [-0.39, 0.29) is 11.9 Å². The second kappa shape index (κ2) is 6.62. The number of nitrogens with zero attached hydrogens (tertiary/aromatic N) is 6. The SMILES string of the molecule is Cc1noc(C)c1-c1cncc(C2CCCN2C(=O)c2cnccn2)n1. The summed E-state index contributed by atoms with van der Waals surface area (Å²) in [5, 5.41) is 3.98. The Kier molecular flexibility index (Phi) is 4.16. The number of amides is 1. The van der Waals surface area contributed by atoms with E-state index >= 15 is 0 Å². The molecule has 3 aromatic heterocycles. The second-order valence-electron chi connectivity index (χ2n) is 6.28. The monoisotopic (exact) mass is 350 g/mol. The van der Waals surface area contributed by atoms with Gasteiger partial charge in [0.05, 0.1) is 47.3 Å². The number of hydrogen-bond acceptors (Lipinski definition) is 7. The van der Waals surface area contributed by atoms with E-state index in [4.69, 9.17) is 9.51 Å². The fraction of sp³-hybridized carbons (Fsp3) is 0.333. The minimum absolute atomic E-state index is 0.127. The normalized spacial score (nSPS) is 16.8. The van der Waals surface area contributed by atoms with Gasteiger partial charge in [-0.3, -0.25) is 14.8 Å². The van der Waals surface area contributed by atoms with Crippen LogP contribution in [-0.2, 0) is 0 Å². The van der Waals surface area contributed by atoms with E-state index in [9.17, 15) is 4.79 Å². The summed E-state index contributed by atoms with van der Waals surface area (Å²) in [6.45, 7) is 4.39. The molecule has 8 heteroatoms. The van der Waals surface area contributed by atoms with E-state index in [0.717, 1.165) is 29.8 Å². The molecule has 8 nitrogen and oxygen atoms in total. The van der Waals surface area contributed by atoms with Crippen molar-refractivity contribution in [2.75, 3.05) is 6.54 Å². The Morgan fingerprint density at radius 2 is 2.08 bits per heavy atom. The molecule has 1 saturated heterocycles. The predicted octanol–water partition coefficient (Wildman–Crippen LogP) is 2.52. The lowest BCUT2D eigenvalue weighted by Gasteiger charge is -2.23. The Hall–Kier alpha value is -3.16. The minimum Gasteiger partial charge on any atom is -0.361 e. The quantitative estimate of drug-likeness (QED) is 0.716. The molecule has 4 heterocycles. The number of aromatic nitrogens is 5. The number of carbonyl (C=O) groups excluding carboxylic acids is 1. The lowest BCUT2D eigenvalue weighted by atomic mass is 10.1. The van der Waals surface area contributed by atoms with Gasteiger partial charge in [-0.1, -0.05) is 5.16 Å². The summed E-state index contributed by atoms with van der Waals surface area (Å²) >= 11 is 0. The van der Waals surface area contributed by atoms with Crippen LogP contribution in [-0.4, -0.2) is 42.4 Å². The lowest BCUT2D eigenvalue weighted by molar-refractivity contribution is 0.0726. The van der Waals surface area contributed by atoms with Crippen LogP contribution in [0.15, 0.2) is 35.5 Å². The van der Waals surface area contributed by atoms with Gasteiger partial charge in [0.1, 0.15) is 11.5 Å². The molecule has 0 N–H and O–H groups in total. The van der Waals surface area contributed by atoms with E-state index in [2.05, 4.69) is 20.1 Å². The average molecular weight is 350 g/mol. The van der Waals surface area contributed by atoms with Crippen LogP contribution in [0.3, 0.4) is 0 Å². The average Bonchev–Trinajstić information content (AvgIpc) is 3.29. The summed E-state index contributed by atoms with van der Waals surface area (Å²) < 4.78 is 5.23. The third-order valence-corrected chi connectivity index (χ3v) is 4.58. The molecule has 3 aromatic rings. The van der Waals surface area contributed by atoms with Gasteiger partial charge in [0.15, 0.2) is 0 Å². The van der Waals surface area contributed by atoms with E-state index in [1.165, 1.54) is 12.4 Å². The molecule has 1 atom stereocenters. The van der Waals surface area contributed by atoms with Crippen LogP contribution >= 0.6 is 0 Å². The lowest BCUT2D eigenvalue weighted by Crippen LogP contribution is -2.31. The van der Waals surface area contributed by atoms with Crippen LogP contribution in [0.2, 0.25) is 0 Å². The standard InChI is InChI=1S/C18H18N6O2/c1-11-17(12(2)26-23-11)14-9-20-8-13(22-14)16-4-3-7-24(16)18(25)15-10-19-5-6-21-15/h5-6,8-10,16H,3-4,7H2,1-2H3. The number of carbonyl (C=O) groups is 1. The Bertz CT molecular complexity index is 920. The molecule has 1 aliphatic heterocycles. The molecule has 1 aliphatic rings. The van der Waals surface area contributed by atoms with Crippen molar-refractivity contribution < 1.29 is 9.32 Å². The van der Waals surface area contributed by atoms with Crippen LogP contribution in [0.25, 0.3) is 11.3 Å². The fourth-order valence-corrected chi connectivity index (χ4v) is 3.38. The number of aryl methyl sites for hydroxylation is 2. The third kappa shape index (κ3) is 2.83. The van der Waals surface area contributed by atoms with E-state index in [1.54, 1.807) is 23.5 Å². The zero-order chi connectivity index (χ0) is 18.1. The second-order valence-corrected chi connectivity index (χ2v) is 6.28. The van der Waals surface area contributed by atoms with E-state index < -0.39 is 0 Å². The van der Waals surface area contributed by atoms with Gasteiger partial charge in [-0.05, 0) is 26.7 Å². The molecule has 0 saturated carbocycles. The van der Waals surface area contributed by atoms with Crippen molar-refractivity contribution in [2.45, 2.75) is 32.7 Å². The molecular weight excluding hydrogens is 332 g/mol. The number of rotatable bonds is 3. The van der Waals surface area contributed by atoms with Gasteiger partial charge in [0.2, 0.25) is 0 Å². The molecule has 1 amide bonds. The Labute approximate surface area is 150 Å².